The van der Waals surface area contributed by atoms with E-state index in [4.69, 9.17) is 11.1 Å². The molecule has 13 heteroatoms. The van der Waals surface area contributed by atoms with Crippen LogP contribution in [-0.2, 0) is 37.2 Å². The van der Waals surface area contributed by atoms with Crippen molar-refractivity contribution >= 4 is 45.1 Å². The molecule has 1 fully saturated rings. The smallest absolute Gasteiger partial charge is 0.328 e. The van der Waals surface area contributed by atoms with E-state index >= 15 is 0 Å². The number of amides is 2. The molecule has 7 N–H and O–H groups in total. The molecule has 0 unspecified atom stereocenters. The Kier molecular flexibility index (Phi) is 9.55. The maximum Gasteiger partial charge on any atom is 0.328 e. The number of nitrogens with one attached hydrogen (secondary N) is 4. The van der Waals surface area contributed by atoms with Crippen molar-refractivity contribution in [1.29, 1.82) is 5.41 Å². The zero-order chi connectivity index (χ0) is 30.3. The second-order valence-corrected chi connectivity index (χ2v) is 11.6. The van der Waals surface area contributed by atoms with Gasteiger partial charge in [-0.15, -0.1) is 0 Å². The number of benzene rings is 3. The van der Waals surface area contributed by atoms with Gasteiger partial charge >= 0.3 is 5.97 Å². The van der Waals surface area contributed by atoms with Gasteiger partial charge in [-0.3, -0.25) is 15.0 Å². The topological polar surface area (TPSA) is 195 Å². The first kappa shape index (κ1) is 30.2. The molecule has 1 saturated heterocycles. The van der Waals surface area contributed by atoms with Gasteiger partial charge in [0.1, 0.15) is 6.04 Å². The Morgan fingerprint density at radius 3 is 2.31 bits per heavy atom. The van der Waals surface area contributed by atoms with Crippen LogP contribution in [-0.4, -0.2) is 60.2 Å². The number of hydrogen-bond donors (Lipinski definition) is 6. The standard InChI is InChI=1S/C29H32N6O6S/c30-29(31)34-22-7-4-6-20(16-22)18-26(36)33-21-13-11-19(12-14-21)17-25(28(38)39)35(27(37)24-10-5-15-32-24)42(40,41)23-8-2-1-3-9-23/h1-4,6-9,11-14,16,24-25,32H,5,10,15,17-18H2,(H,33,36)(H,38,39)(H4,30,31,34)/t24-,25-/m0/s1. The third kappa shape index (κ3) is 7.50. The van der Waals surface area contributed by atoms with E-state index in [0.717, 1.165) is 0 Å². The zero-order valence-electron chi connectivity index (χ0n) is 22.6. The van der Waals surface area contributed by atoms with Crippen molar-refractivity contribution in [2.24, 2.45) is 5.73 Å². The van der Waals surface area contributed by atoms with Gasteiger partial charge in [0.15, 0.2) is 5.96 Å². The Morgan fingerprint density at radius 1 is 0.976 bits per heavy atom. The summed E-state index contributed by atoms with van der Waals surface area (Å²) >= 11 is 0. The van der Waals surface area contributed by atoms with Crippen LogP contribution < -0.4 is 21.7 Å². The number of carbonyl (C=O) groups is 3. The molecule has 1 aliphatic rings. The van der Waals surface area contributed by atoms with Crippen LogP contribution in [0.1, 0.15) is 24.0 Å². The maximum atomic E-state index is 13.6. The summed E-state index contributed by atoms with van der Waals surface area (Å²) in [6.07, 6.45) is 0.850. The van der Waals surface area contributed by atoms with Crippen molar-refractivity contribution in [3.63, 3.8) is 0 Å². The van der Waals surface area contributed by atoms with Gasteiger partial charge in [0.05, 0.1) is 17.4 Å². The Bertz CT molecular complexity index is 1560. The molecule has 2 atom stereocenters. The number of carboxylic acids is 1. The SMILES string of the molecule is N=C(N)Nc1cccc(CC(=O)Nc2ccc(C[C@@H](C(=O)O)N(C(=O)[C@@H]3CCCN3)S(=O)(=O)c3ccccc3)cc2)c1. The fraction of sp³-hybridized carbons (Fsp3) is 0.241. The molecule has 3 aromatic rings. The number of carbonyl (C=O) groups excluding carboxylic acids is 2. The highest BCUT2D eigenvalue weighted by Crippen LogP contribution is 2.24. The van der Waals surface area contributed by atoms with E-state index < -0.39 is 34.0 Å². The van der Waals surface area contributed by atoms with Gasteiger partial charge in [0.2, 0.25) is 5.91 Å². The van der Waals surface area contributed by atoms with Crippen molar-refractivity contribution in [1.82, 2.24) is 9.62 Å². The number of rotatable bonds is 11. The van der Waals surface area contributed by atoms with Crippen LogP contribution in [0.15, 0.2) is 83.8 Å². The van der Waals surface area contributed by atoms with E-state index in [-0.39, 0.29) is 29.6 Å². The fourth-order valence-corrected chi connectivity index (χ4v) is 6.31. The van der Waals surface area contributed by atoms with Crippen LogP contribution in [0, 0.1) is 5.41 Å². The molecule has 0 aliphatic carbocycles. The van der Waals surface area contributed by atoms with E-state index in [0.29, 0.717) is 46.2 Å². The predicted molar refractivity (Wildman–Crippen MR) is 157 cm³/mol. The number of guanidine groups is 1. The van der Waals surface area contributed by atoms with Gasteiger partial charge in [-0.25, -0.2) is 17.5 Å². The first-order valence-corrected chi connectivity index (χ1v) is 14.7. The van der Waals surface area contributed by atoms with E-state index in [1.807, 2.05) is 0 Å². The van der Waals surface area contributed by atoms with Crippen molar-refractivity contribution in [3.05, 3.63) is 90.0 Å². The maximum absolute atomic E-state index is 13.6. The second kappa shape index (κ2) is 13.3. The van der Waals surface area contributed by atoms with Gasteiger partial charge in [0.25, 0.3) is 15.9 Å². The van der Waals surface area contributed by atoms with Crippen LogP contribution in [0.4, 0.5) is 11.4 Å². The molecule has 3 aromatic carbocycles. The molecule has 4 rings (SSSR count). The first-order chi connectivity index (χ1) is 20.0. The Labute approximate surface area is 243 Å². The minimum absolute atomic E-state index is 0.0554. The Hall–Kier alpha value is -4.75. The highest BCUT2D eigenvalue weighted by molar-refractivity contribution is 7.89. The third-order valence-corrected chi connectivity index (χ3v) is 8.50. The normalized spacial score (nSPS) is 15.4. The molecule has 1 aliphatic heterocycles. The summed E-state index contributed by atoms with van der Waals surface area (Å²) in [6.45, 7) is 0.529. The van der Waals surface area contributed by atoms with Crippen molar-refractivity contribution in [2.45, 2.75) is 42.7 Å². The summed E-state index contributed by atoms with van der Waals surface area (Å²) in [5.74, 6) is -2.79. The Balaban J connectivity index is 1.51. The van der Waals surface area contributed by atoms with Gasteiger partial charge in [0, 0.05) is 17.8 Å². The molecule has 0 bridgehead atoms. The number of hydrogen-bond acceptors (Lipinski definition) is 7. The lowest BCUT2D eigenvalue weighted by molar-refractivity contribution is -0.146. The van der Waals surface area contributed by atoms with Crippen LogP contribution >= 0.6 is 0 Å². The highest BCUT2D eigenvalue weighted by atomic mass is 32.2. The van der Waals surface area contributed by atoms with Gasteiger partial charge in [-0.05, 0) is 66.9 Å². The minimum Gasteiger partial charge on any atom is -0.480 e. The fourth-order valence-electron chi connectivity index (χ4n) is 4.72. The van der Waals surface area contributed by atoms with Gasteiger partial charge in [-0.2, -0.15) is 0 Å². The number of nitrogens with two attached hydrogens (primary N) is 1. The number of nitrogens with zero attached hydrogens (tertiary/aromatic N) is 1. The zero-order valence-corrected chi connectivity index (χ0v) is 23.4. The van der Waals surface area contributed by atoms with Crippen molar-refractivity contribution < 1.29 is 27.9 Å². The summed E-state index contributed by atoms with van der Waals surface area (Å²) in [4.78, 5) is 38.3. The van der Waals surface area contributed by atoms with Crippen LogP contribution in [0.5, 0.6) is 0 Å². The monoisotopic (exact) mass is 592 g/mol. The molecular weight excluding hydrogens is 560 g/mol. The van der Waals surface area contributed by atoms with Crippen LogP contribution in [0.25, 0.3) is 0 Å². The van der Waals surface area contributed by atoms with Gasteiger partial charge < -0.3 is 26.8 Å². The number of carboxylic acid groups (broad SMARTS) is 1. The van der Waals surface area contributed by atoms with E-state index in [2.05, 4.69) is 16.0 Å². The van der Waals surface area contributed by atoms with Crippen LogP contribution in [0.2, 0.25) is 0 Å². The van der Waals surface area contributed by atoms with Crippen LogP contribution in [0.3, 0.4) is 0 Å². The molecule has 42 heavy (non-hydrogen) atoms. The summed E-state index contributed by atoms with van der Waals surface area (Å²) in [5.41, 5.74) is 7.54. The summed E-state index contributed by atoms with van der Waals surface area (Å²) < 4.78 is 27.7. The average molecular weight is 593 g/mol. The molecule has 0 aromatic heterocycles. The predicted octanol–water partition coefficient (Wildman–Crippen LogP) is 2.14. The number of aliphatic carboxylic acids is 1. The quantitative estimate of drug-likeness (QED) is 0.143. The third-order valence-electron chi connectivity index (χ3n) is 6.68. The number of anilines is 2. The molecule has 12 nitrogen and oxygen atoms in total. The molecule has 2 amide bonds. The van der Waals surface area contributed by atoms with E-state index in [1.54, 1.807) is 54.6 Å². The summed E-state index contributed by atoms with van der Waals surface area (Å²) in [7, 11) is -4.48. The average Bonchev–Trinajstić information content (AvgIpc) is 3.49. The summed E-state index contributed by atoms with van der Waals surface area (Å²) in [6, 6.07) is 18.0. The van der Waals surface area contributed by atoms with E-state index in [1.165, 1.54) is 24.3 Å². The molecule has 0 spiro atoms. The molecule has 0 radical (unpaired) electrons. The molecule has 0 saturated carbocycles. The number of sulfonamides is 1. The van der Waals surface area contributed by atoms with Crippen molar-refractivity contribution in [3.8, 4) is 0 Å². The van der Waals surface area contributed by atoms with E-state index in [9.17, 15) is 27.9 Å². The highest BCUT2D eigenvalue weighted by Gasteiger charge is 2.43. The first-order valence-electron chi connectivity index (χ1n) is 13.2. The molecule has 220 valence electrons. The Morgan fingerprint density at radius 2 is 1.69 bits per heavy atom. The van der Waals surface area contributed by atoms with Gasteiger partial charge in [-0.1, -0.05) is 42.5 Å². The summed E-state index contributed by atoms with van der Waals surface area (Å²) in [5, 5.41) is 25.9. The lowest BCUT2D eigenvalue weighted by Crippen LogP contribution is -2.54. The molecular formula is C29H32N6O6S. The minimum atomic E-state index is -4.48. The lowest BCUT2D eigenvalue weighted by atomic mass is 10.0. The second-order valence-electron chi connectivity index (χ2n) is 9.82. The largest absolute Gasteiger partial charge is 0.480 e. The lowest BCUT2D eigenvalue weighted by Gasteiger charge is -2.30. The van der Waals surface area contributed by atoms with Crippen molar-refractivity contribution in [2.75, 3.05) is 17.2 Å². The molecule has 1 heterocycles.